The van der Waals surface area contributed by atoms with Crippen LogP contribution in [0.15, 0.2) is 23.0 Å². The van der Waals surface area contributed by atoms with Crippen molar-refractivity contribution >= 4 is 22.6 Å². The fourth-order valence-electron chi connectivity index (χ4n) is 2.81. The lowest BCUT2D eigenvalue weighted by Gasteiger charge is -2.21. The number of carbonyl (C=O) groups excluding carboxylic acids is 1. The van der Waals surface area contributed by atoms with Crippen LogP contribution < -0.4 is 11.0 Å². The minimum absolute atomic E-state index is 0.0826. The number of nitrogens with zero attached hydrogens (tertiary/aromatic N) is 1. The molecule has 0 spiro atoms. The van der Waals surface area contributed by atoms with E-state index in [9.17, 15) is 14.7 Å². The fourth-order valence-corrected chi connectivity index (χ4v) is 2.81. The molecule has 0 bridgehead atoms. The molecule has 1 saturated heterocycles. The summed E-state index contributed by atoms with van der Waals surface area (Å²) in [6, 6.07) is 5.30. The van der Waals surface area contributed by atoms with Crippen LogP contribution in [0.4, 0.5) is 5.69 Å². The zero-order chi connectivity index (χ0) is 14.8. The molecular formula is C14H18N4O3. The van der Waals surface area contributed by atoms with E-state index in [1.165, 1.54) is 0 Å². The molecule has 1 atom stereocenters. The third kappa shape index (κ3) is 2.98. The molecule has 2 aromatic rings. The van der Waals surface area contributed by atoms with E-state index in [2.05, 4.69) is 15.3 Å². The van der Waals surface area contributed by atoms with Crippen LogP contribution in [0.1, 0.15) is 12.8 Å². The summed E-state index contributed by atoms with van der Waals surface area (Å²) in [5, 5.41) is 12.1. The van der Waals surface area contributed by atoms with Crippen molar-refractivity contribution in [1.29, 1.82) is 0 Å². The molecule has 4 N–H and O–H groups in total. The summed E-state index contributed by atoms with van der Waals surface area (Å²) < 4.78 is 0. The molecule has 1 aliphatic rings. The normalized spacial score (nSPS) is 19.2. The first-order valence-electron chi connectivity index (χ1n) is 7.02. The second kappa shape index (κ2) is 5.71. The predicted octanol–water partition coefficient (Wildman–Crippen LogP) is 0.251. The Bertz CT molecular complexity index is 706. The molecule has 7 nitrogen and oxygen atoms in total. The maximum atomic E-state index is 12.1. The van der Waals surface area contributed by atoms with E-state index < -0.39 is 0 Å². The van der Waals surface area contributed by atoms with Crippen LogP contribution in [-0.4, -0.2) is 51.6 Å². The summed E-state index contributed by atoms with van der Waals surface area (Å²) in [6.07, 6.45) is 1.94. The highest BCUT2D eigenvalue weighted by Crippen LogP contribution is 2.17. The number of anilines is 1. The maximum absolute atomic E-state index is 12.1. The number of likely N-dealkylation sites (tertiary alicyclic amines) is 1. The third-order valence-electron chi connectivity index (χ3n) is 3.86. The smallest absolute Gasteiger partial charge is 0.323 e. The molecule has 3 rings (SSSR count). The molecule has 112 valence electrons. The van der Waals surface area contributed by atoms with Crippen molar-refractivity contribution < 1.29 is 9.90 Å². The predicted molar refractivity (Wildman–Crippen MR) is 79.2 cm³/mol. The quantitative estimate of drug-likeness (QED) is 0.648. The lowest BCUT2D eigenvalue weighted by atomic mass is 10.2. The van der Waals surface area contributed by atoms with Crippen molar-refractivity contribution in [3.05, 3.63) is 28.7 Å². The van der Waals surface area contributed by atoms with Gasteiger partial charge in [-0.05, 0) is 37.6 Å². The molecule has 1 aromatic heterocycles. The van der Waals surface area contributed by atoms with Gasteiger partial charge in [0.1, 0.15) is 0 Å². The van der Waals surface area contributed by atoms with Gasteiger partial charge in [0, 0.05) is 11.7 Å². The first kappa shape index (κ1) is 13.8. The standard InChI is InChI=1S/C14H18N4O3/c19-8-10-2-1-5-18(10)7-13(20)15-9-3-4-11-12(6-9)17-14(21)16-11/h3-4,6,10,19H,1-2,5,7-8H2,(H,15,20)(H2,16,17,21)/t10-/m1/s1. The second-order valence-electron chi connectivity index (χ2n) is 5.34. The Kier molecular flexibility index (Phi) is 3.76. The number of benzene rings is 1. The zero-order valence-electron chi connectivity index (χ0n) is 11.6. The Morgan fingerprint density at radius 1 is 1.38 bits per heavy atom. The number of aromatic nitrogens is 2. The van der Waals surface area contributed by atoms with Crippen molar-refractivity contribution in [2.24, 2.45) is 0 Å². The van der Waals surface area contributed by atoms with E-state index in [0.29, 0.717) is 16.7 Å². The number of nitrogens with one attached hydrogen (secondary N) is 3. The van der Waals surface area contributed by atoms with Gasteiger partial charge in [0.2, 0.25) is 5.91 Å². The molecular weight excluding hydrogens is 272 g/mol. The van der Waals surface area contributed by atoms with Crippen LogP contribution in [0.3, 0.4) is 0 Å². The molecule has 0 aliphatic carbocycles. The van der Waals surface area contributed by atoms with Crippen molar-refractivity contribution in [1.82, 2.24) is 14.9 Å². The molecule has 1 fully saturated rings. The number of aromatic amines is 2. The van der Waals surface area contributed by atoms with E-state index in [-0.39, 0.29) is 30.8 Å². The highest BCUT2D eigenvalue weighted by molar-refractivity contribution is 5.94. The van der Waals surface area contributed by atoms with Crippen molar-refractivity contribution in [3.8, 4) is 0 Å². The fraction of sp³-hybridized carbons (Fsp3) is 0.429. The van der Waals surface area contributed by atoms with E-state index in [0.717, 1.165) is 19.4 Å². The Labute approximate surface area is 121 Å². The van der Waals surface area contributed by atoms with Crippen LogP contribution in [0.2, 0.25) is 0 Å². The molecule has 1 amide bonds. The lowest BCUT2D eigenvalue weighted by Crippen LogP contribution is -2.38. The van der Waals surface area contributed by atoms with Gasteiger partial charge in [-0.15, -0.1) is 0 Å². The number of amides is 1. The first-order chi connectivity index (χ1) is 10.2. The summed E-state index contributed by atoms with van der Waals surface area (Å²) in [7, 11) is 0. The van der Waals surface area contributed by atoms with E-state index >= 15 is 0 Å². The van der Waals surface area contributed by atoms with E-state index in [1.807, 2.05) is 4.90 Å². The third-order valence-corrected chi connectivity index (χ3v) is 3.86. The molecule has 0 saturated carbocycles. The van der Waals surface area contributed by atoms with Crippen molar-refractivity contribution in [2.45, 2.75) is 18.9 Å². The summed E-state index contributed by atoms with van der Waals surface area (Å²) in [6.45, 7) is 1.19. The molecule has 21 heavy (non-hydrogen) atoms. The zero-order valence-corrected chi connectivity index (χ0v) is 11.6. The molecule has 1 aromatic carbocycles. The minimum Gasteiger partial charge on any atom is -0.395 e. The number of rotatable bonds is 4. The van der Waals surface area contributed by atoms with E-state index in [4.69, 9.17) is 0 Å². The van der Waals surface area contributed by atoms with Crippen LogP contribution in [0.5, 0.6) is 0 Å². The summed E-state index contributed by atoms with van der Waals surface area (Å²) in [5.74, 6) is -0.118. The topological polar surface area (TPSA) is 101 Å². The number of hydrogen-bond donors (Lipinski definition) is 4. The highest BCUT2D eigenvalue weighted by Gasteiger charge is 2.25. The number of imidazole rings is 1. The number of fused-ring (bicyclic) bond motifs is 1. The number of aliphatic hydroxyl groups is 1. The molecule has 1 aliphatic heterocycles. The second-order valence-corrected chi connectivity index (χ2v) is 5.34. The monoisotopic (exact) mass is 290 g/mol. The first-order valence-corrected chi connectivity index (χ1v) is 7.02. The highest BCUT2D eigenvalue weighted by atomic mass is 16.3. The van der Waals surface area contributed by atoms with Gasteiger partial charge in [0.05, 0.1) is 24.2 Å². The minimum atomic E-state index is -0.267. The van der Waals surface area contributed by atoms with Gasteiger partial charge in [-0.2, -0.15) is 0 Å². The number of carbonyl (C=O) groups is 1. The number of H-pyrrole nitrogens is 2. The Morgan fingerprint density at radius 3 is 3.00 bits per heavy atom. The maximum Gasteiger partial charge on any atom is 0.323 e. The van der Waals surface area contributed by atoms with Crippen LogP contribution in [0.25, 0.3) is 11.0 Å². The van der Waals surface area contributed by atoms with Gasteiger partial charge in [-0.3, -0.25) is 9.69 Å². The number of aliphatic hydroxyl groups excluding tert-OH is 1. The van der Waals surface area contributed by atoms with E-state index in [1.54, 1.807) is 18.2 Å². The van der Waals surface area contributed by atoms with Gasteiger partial charge in [-0.25, -0.2) is 4.79 Å². The number of hydrogen-bond acceptors (Lipinski definition) is 4. The Balaban J connectivity index is 1.66. The van der Waals surface area contributed by atoms with Crippen LogP contribution >= 0.6 is 0 Å². The van der Waals surface area contributed by atoms with Crippen LogP contribution in [-0.2, 0) is 4.79 Å². The lowest BCUT2D eigenvalue weighted by molar-refractivity contribution is -0.117. The summed E-state index contributed by atoms with van der Waals surface area (Å²) in [4.78, 5) is 30.5. The van der Waals surface area contributed by atoms with Crippen molar-refractivity contribution in [3.63, 3.8) is 0 Å². The molecule has 2 heterocycles. The van der Waals surface area contributed by atoms with Gasteiger partial charge in [-0.1, -0.05) is 0 Å². The average molecular weight is 290 g/mol. The van der Waals surface area contributed by atoms with Crippen LogP contribution in [0, 0.1) is 0 Å². The largest absolute Gasteiger partial charge is 0.395 e. The molecule has 0 radical (unpaired) electrons. The van der Waals surface area contributed by atoms with Gasteiger partial charge in [0.15, 0.2) is 0 Å². The summed E-state index contributed by atoms with van der Waals surface area (Å²) >= 11 is 0. The molecule has 0 unspecified atom stereocenters. The molecule has 7 heteroatoms. The van der Waals surface area contributed by atoms with Gasteiger partial charge >= 0.3 is 5.69 Å². The Hall–Kier alpha value is -2.12. The summed E-state index contributed by atoms with van der Waals surface area (Å²) in [5.41, 5.74) is 1.74. The Morgan fingerprint density at radius 2 is 2.19 bits per heavy atom. The van der Waals surface area contributed by atoms with Crippen molar-refractivity contribution in [2.75, 3.05) is 25.0 Å². The SMILES string of the molecule is O=C(CN1CCC[C@@H]1CO)Nc1ccc2[nH]c(=O)[nH]c2c1. The van der Waals surface area contributed by atoms with Gasteiger partial charge < -0.3 is 20.4 Å². The van der Waals surface area contributed by atoms with Gasteiger partial charge in [0.25, 0.3) is 0 Å². The average Bonchev–Trinajstić information content (AvgIpc) is 3.03.